The predicted molar refractivity (Wildman–Crippen MR) is 247 cm³/mol. The number of fused-ring (bicyclic) bond motifs is 12. The van der Waals surface area contributed by atoms with E-state index in [1.165, 1.54) is 113 Å². The van der Waals surface area contributed by atoms with E-state index in [1.54, 1.807) is 22.1 Å². The first kappa shape index (κ1) is 34.8. The van der Waals surface area contributed by atoms with Crippen LogP contribution in [0.4, 0.5) is 39.8 Å². The highest BCUT2D eigenvalue weighted by atomic mass is 28.3. The van der Waals surface area contributed by atoms with E-state index >= 15 is 0 Å². The lowest BCUT2D eigenvalue weighted by Gasteiger charge is -2.55. The normalized spacial score (nSPS) is 29.2. The van der Waals surface area contributed by atoms with E-state index in [2.05, 4.69) is 167 Å². The van der Waals surface area contributed by atoms with Crippen molar-refractivity contribution in [1.82, 2.24) is 0 Å². The van der Waals surface area contributed by atoms with E-state index in [0.29, 0.717) is 0 Å². The van der Waals surface area contributed by atoms with Crippen LogP contribution < -0.4 is 41.5 Å². The maximum absolute atomic E-state index is 2.95. The molecule has 0 saturated heterocycles. The SMILES string of the molecule is CC(C)(C)c1cc2c3c(c1)C1(C)CCCCC1(C)N3c1cc(N3c4ccccc4[Si](C)(C)c4ccccc43)cc3c1B2c1cccc2c1N3C1(C)CCCCC21C. The minimum atomic E-state index is -1.95. The van der Waals surface area contributed by atoms with Gasteiger partial charge in [-0.1, -0.05) is 140 Å². The Balaban J connectivity index is 1.24. The first-order chi connectivity index (χ1) is 27.2. The highest BCUT2D eigenvalue weighted by Gasteiger charge is 2.65. The zero-order valence-electron chi connectivity index (χ0n) is 35.7. The lowest BCUT2D eigenvalue weighted by Crippen LogP contribution is -2.66. The van der Waals surface area contributed by atoms with Crippen LogP contribution >= 0.6 is 0 Å². The third-order valence-corrected chi connectivity index (χ3v) is 21.2. The molecular formula is C52H58BN3Si. The molecule has 3 nitrogen and oxygen atoms in total. The Morgan fingerprint density at radius 3 is 1.67 bits per heavy atom. The summed E-state index contributed by atoms with van der Waals surface area (Å²) < 4.78 is 0. The van der Waals surface area contributed by atoms with Crippen LogP contribution in [0.3, 0.4) is 0 Å². The molecule has 0 spiro atoms. The zero-order chi connectivity index (χ0) is 39.2. The molecule has 7 aliphatic rings. The number of rotatable bonds is 1. The molecule has 4 atom stereocenters. The molecule has 5 heteroatoms. The fourth-order valence-corrected chi connectivity index (χ4v) is 17.1. The van der Waals surface area contributed by atoms with Gasteiger partial charge in [0.25, 0.3) is 6.71 Å². The van der Waals surface area contributed by atoms with Gasteiger partial charge in [-0.25, -0.2) is 0 Å². The van der Waals surface area contributed by atoms with Gasteiger partial charge >= 0.3 is 0 Å². The summed E-state index contributed by atoms with van der Waals surface area (Å²) in [5, 5.41) is 3.06. The van der Waals surface area contributed by atoms with Crippen molar-refractivity contribution in [1.29, 1.82) is 0 Å². The van der Waals surface area contributed by atoms with Crippen molar-refractivity contribution in [3.8, 4) is 0 Å². The van der Waals surface area contributed by atoms with Crippen LogP contribution in [0.25, 0.3) is 0 Å². The molecule has 2 fully saturated rings. The van der Waals surface area contributed by atoms with Crippen molar-refractivity contribution in [3.63, 3.8) is 0 Å². The van der Waals surface area contributed by atoms with Gasteiger partial charge in [0.05, 0.1) is 16.8 Å². The lowest BCUT2D eigenvalue weighted by atomic mass is 9.33. The summed E-state index contributed by atoms with van der Waals surface area (Å²) in [6, 6.07) is 36.9. The Labute approximate surface area is 342 Å². The molecule has 5 aliphatic heterocycles. The Kier molecular flexibility index (Phi) is 6.52. The van der Waals surface area contributed by atoms with E-state index in [9.17, 15) is 0 Å². The Bertz CT molecular complexity index is 2550. The van der Waals surface area contributed by atoms with E-state index in [4.69, 9.17) is 0 Å². The summed E-state index contributed by atoms with van der Waals surface area (Å²) in [5.41, 5.74) is 19.5. The zero-order valence-corrected chi connectivity index (χ0v) is 36.7. The number of nitrogens with zero attached hydrogens (tertiary/aromatic N) is 3. The smallest absolute Gasteiger partial charge is 0.252 e. The molecule has 4 unspecified atom stereocenters. The van der Waals surface area contributed by atoms with E-state index in [0.717, 1.165) is 0 Å². The standard InChI is InChI=1S/C52H58BN3Si/c1-48(2,3)33-29-36-47-38(30-33)53-37-20-18-19-35-46(37)55(51(6)27-16-14-25-49(35,51)4)41-31-34(32-42(45(41)53)56(47)52(7)28-17-15-26-50(36,52)5)54-39-21-10-12-23-43(39)57(8,9)44-24-13-11-22-40(44)54/h10-13,18-24,29-32H,14-17,25-28H2,1-9H3. The topological polar surface area (TPSA) is 9.72 Å². The highest BCUT2D eigenvalue weighted by molar-refractivity contribution is 7.03. The molecule has 0 radical (unpaired) electrons. The fraction of sp³-hybridized carbons (Fsp3) is 0.423. The van der Waals surface area contributed by atoms with Crippen LogP contribution in [0.2, 0.25) is 13.1 Å². The maximum atomic E-state index is 2.95. The van der Waals surface area contributed by atoms with Gasteiger partial charge in [-0.3, -0.25) is 0 Å². The second kappa shape index (κ2) is 10.7. The number of hydrogen-bond donors (Lipinski definition) is 0. The third kappa shape index (κ3) is 3.88. The summed E-state index contributed by atoms with van der Waals surface area (Å²) in [5.74, 6) is 0. The Morgan fingerprint density at radius 2 is 1.09 bits per heavy atom. The number of hydrogen-bond acceptors (Lipinski definition) is 3. The molecule has 57 heavy (non-hydrogen) atoms. The first-order valence-corrected chi connectivity index (χ1v) is 25.3. The monoisotopic (exact) mass is 763 g/mol. The van der Waals surface area contributed by atoms with Crippen LogP contribution in [0, 0.1) is 0 Å². The molecule has 5 aromatic rings. The quantitative estimate of drug-likeness (QED) is 0.158. The van der Waals surface area contributed by atoms with Crippen molar-refractivity contribution >= 4 is 81.4 Å². The van der Waals surface area contributed by atoms with Crippen LogP contribution in [-0.4, -0.2) is 25.9 Å². The second-order valence-corrected chi connectivity index (χ2v) is 25.9. The van der Waals surface area contributed by atoms with Crippen molar-refractivity contribution in [2.24, 2.45) is 0 Å². The summed E-state index contributed by atoms with van der Waals surface area (Å²) in [7, 11) is -1.95. The minimum absolute atomic E-state index is 0.0133. The predicted octanol–water partition coefficient (Wildman–Crippen LogP) is 10.2. The van der Waals surface area contributed by atoms with E-state index < -0.39 is 8.07 Å². The largest absolute Gasteiger partial charge is 0.335 e. The molecular weight excluding hydrogens is 705 g/mol. The molecule has 5 aromatic carbocycles. The highest BCUT2D eigenvalue weighted by Crippen LogP contribution is 2.65. The molecule has 0 bridgehead atoms. The molecule has 0 aromatic heterocycles. The van der Waals surface area contributed by atoms with Gasteiger partial charge in [-0.2, -0.15) is 0 Å². The van der Waals surface area contributed by atoms with E-state index in [-0.39, 0.29) is 34.0 Å². The van der Waals surface area contributed by atoms with E-state index in [1.807, 2.05) is 0 Å². The van der Waals surface area contributed by atoms with Crippen molar-refractivity contribution in [2.75, 3.05) is 14.7 Å². The van der Waals surface area contributed by atoms with Gasteiger partial charge in [0.1, 0.15) is 8.07 Å². The van der Waals surface area contributed by atoms with Crippen molar-refractivity contribution in [3.05, 3.63) is 108 Å². The van der Waals surface area contributed by atoms with Crippen molar-refractivity contribution < 1.29 is 0 Å². The third-order valence-electron chi connectivity index (χ3n) is 17.7. The van der Waals surface area contributed by atoms with Gasteiger partial charge in [-0.05, 0) is 113 Å². The number of anilines is 7. The average Bonchev–Trinajstić information content (AvgIpc) is 3.54. The van der Waals surface area contributed by atoms with Crippen LogP contribution in [0.1, 0.15) is 117 Å². The summed E-state index contributed by atoms with van der Waals surface area (Å²) in [6.07, 6.45) is 10.1. The first-order valence-electron chi connectivity index (χ1n) is 22.3. The Morgan fingerprint density at radius 1 is 0.561 bits per heavy atom. The molecule has 2 aliphatic carbocycles. The summed E-state index contributed by atoms with van der Waals surface area (Å²) >= 11 is 0. The number of para-hydroxylation sites is 3. The van der Waals surface area contributed by atoms with Gasteiger partial charge < -0.3 is 14.7 Å². The molecule has 5 heterocycles. The second-order valence-electron chi connectivity index (χ2n) is 21.6. The molecule has 0 N–H and O–H groups in total. The summed E-state index contributed by atoms with van der Waals surface area (Å²) in [6.45, 7) is 23.1. The van der Waals surface area contributed by atoms with Crippen LogP contribution in [-0.2, 0) is 16.2 Å². The Hall–Kier alpha value is -4.22. The van der Waals surface area contributed by atoms with Crippen LogP contribution in [0.15, 0.2) is 91.0 Å². The molecule has 288 valence electrons. The fourth-order valence-electron chi connectivity index (χ4n) is 14.1. The number of benzene rings is 5. The summed E-state index contributed by atoms with van der Waals surface area (Å²) in [4.78, 5) is 8.57. The van der Waals surface area contributed by atoms with Crippen molar-refractivity contribution in [2.45, 2.75) is 140 Å². The van der Waals surface area contributed by atoms with Gasteiger partial charge in [0, 0.05) is 45.0 Å². The molecule has 2 saturated carbocycles. The molecule has 0 amide bonds. The minimum Gasteiger partial charge on any atom is -0.335 e. The van der Waals surface area contributed by atoms with Gasteiger partial charge in [0.15, 0.2) is 0 Å². The average molecular weight is 764 g/mol. The lowest BCUT2D eigenvalue weighted by molar-refractivity contribution is 0.194. The molecule has 12 rings (SSSR count). The van der Waals surface area contributed by atoms with Gasteiger partial charge in [0.2, 0.25) is 0 Å². The van der Waals surface area contributed by atoms with Crippen LogP contribution in [0.5, 0.6) is 0 Å². The maximum Gasteiger partial charge on any atom is 0.252 e. The van der Waals surface area contributed by atoms with Gasteiger partial charge in [-0.15, -0.1) is 0 Å².